The summed E-state index contributed by atoms with van der Waals surface area (Å²) in [5.74, 6) is 0.723. The summed E-state index contributed by atoms with van der Waals surface area (Å²) < 4.78 is 18.6. The molecule has 0 aromatic rings. The maximum absolute atomic E-state index is 13.2. The lowest BCUT2D eigenvalue weighted by Gasteiger charge is -2.09. The summed E-state index contributed by atoms with van der Waals surface area (Å²) >= 11 is 0. The van der Waals surface area contributed by atoms with E-state index in [0.717, 1.165) is 12.2 Å². The van der Waals surface area contributed by atoms with E-state index < -0.39 is 5.83 Å². The molecule has 14 heavy (non-hydrogen) atoms. The molecule has 0 aromatic heterocycles. The predicted octanol–water partition coefficient (Wildman–Crippen LogP) is 2.29. The Bertz CT molecular complexity index is 339. The first-order valence-electron chi connectivity index (χ1n) is 4.67. The van der Waals surface area contributed by atoms with Crippen LogP contribution in [0, 0.1) is 5.92 Å². The molecule has 0 N–H and O–H groups in total. The van der Waals surface area contributed by atoms with Crippen molar-refractivity contribution in [2.75, 3.05) is 6.61 Å². The monoisotopic (exact) mass is 194 g/mol. The van der Waals surface area contributed by atoms with Crippen LogP contribution < -0.4 is 0 Å². The van der Waals surface area contributed by atoms with Crippen molar-refractivity contribution < 1.29 is 13.9 Å². The number of fused-ring (bicyclic) bond motifs is 1. The van der Waals surface area contributed by atoms with Crippen molar-refractivity contribution in [1.29, 1.82) is 0 Å². The fourth-order valence-electron chi connectivity index (χ4n) is 1.71. The standard InChI is InChI=1S/C11H11FO2/c12-10-3-1-8-5-6-14-11(8)4-2-9(10)7-13/h2-4,7-8H,1,5-6H2/b9-2-,10-3+,11-4+. The molecular formula is C11H11FO2. The molecule has 1 aliphatic carbocycles. The first kappa shape index (κ1) is 9.19. The number of ether oxygens (including phenoxy) is 1. The SMILES string of the molecule is O=CC1=C/C=C2/OCCC2C/C=C\1F. The second-order valence-corrected chi connectivity index (χ2v) is 3.43. The number of carbonyl (C=O) groups excluding carboxylic acids is 1. The Balaban J connectivity index is 2.33. The number of halogens is 1. The molecule has 1 heterocycles. The molecule has 74 valence electrons. The second kappa shape index (κ2) is 3.78. The average molecular weight is 194 g/mol. The van der Waals surface area contributed by atoms with E-state index in [0.29, 0.717) is 19.3 Å². The summed E-state index contributed by atoms with van der Waals surface area (Å²) in [4.78, 5) is 10.5. The molecular weight excluding hydrogens is 183 g/mol. The van der Waals surface area contributed by atoms with Gasteiger partial charge in [0, 0.05) is 11.5 Å². The molecule has 0 bridgehead atoms. The molecule has 1 unspecified atom stereocenters. The second-order valence-electron chi connectivity index (χ2n) is 3.43. The van der Waals surface area contributed by atoms with Gasteiger partial charge in [0.25, 0.3) is 0 Å². The third-order valence-electron chi connectivity index (χ3n) is 2.55. The van der Waals surface area contributed by atoms with Crippen LogP contribution >= 0.6 is 0 Å². The van der Waals surface area contributed by atoms with Gasteiger partial charge in [-0.2, -0.15) is 0 Å². The Hall–Kier alpha value is -1.38. The van der Waals surface area contributed by atoms with Gasteiger partial charge < -0.3 is 4.74 Å². The number of allylic oxidation sites excluding steroid dienone is 6. The van der Waals surface area contributed by atoms with Crippen LogP contribution in [-0.4, -0.2) is 12.9 Å². The normalized spacial score (nSPS) is 37.2. The van der Waals surface area contributed by atoms with Crippen LogP contribution in [0.2, 0.25) is 0 Å². The van der Waals surface area contributed by atoms with Crippen molar-refractivity contribution in [3.05, 3.63) is 35.4 Å². The first-order valence-corrected chi connectivity index (χ1v) is 4.67. The minimum absolute atomic E-state index is 0.0893. The maximum Gasteiger partial charge on any atom is 0.152 e. The number of hydrogen-bond donors (Lipinski definition) is 0. The summed E-state index contributed by atoms with van der Waals surface area (Å²) in [5.41, 5.74) is 0.0893. The van der Waals surface area contributed by atoms with E-state index in [1.165, 1.54) is 12.2 Å². The highest BCUT2D eigenvalue weighted by atomic mass is 19.1. The molecule has 3 heteroatoms. The first-order chi connectivity index (χ1) is 6.81. The van der Waals surface area contributed by atoms with Crippen molar-refractivity contribution in [3.63, 3.8) is 0 Å². The molecule has 0 saturated carbocycles. The summed E-state index contributed by atoms with van der Waals surface area (Å²) in [6.45, 7) is 0.691. The van der Waals surface area contributed by atoms with E-state index in [9.17, 15) is 9.18 Å². The molecule has 1 fully saturated rings. The third kappa shape index (κ3) is 1.62. The Morgan fingerprint density at radius 1 is 1.50 bits per heavy atom. The minimum atomic E-state index is -0.429. The van der Waals surface area contributed by atoms with E-state index in [-0.39, 0.29) is 11.5 Å². The summed E-state index contributed by atoms with van der Waals surface area (Å²) in [6.07, 6.45) is 6.72. The maximum atomic E-state index is 13.2. The van der Waals surface area contributed by atoms with Gasteiger partial charge in [0.05, 0.1) is 12.4 Å². The Morgan fingerprint density at radius 3 is 3.14 bits per heavy atom. The van der Waals surface area contributed by atoms with Crippen LogP contribution in [-0.2, 0) is 9.53 Å². The predicted molar refractivity (Wildman–Crippen MR) is 50.1 cm³/mol. The van der Waals surface area contributed by atoms with Gasteiger partial charge in [-0.1, -0.05) is 0 Å². The summed E-state index contributed by atoms with van der Waals surface area (Å²) in [6, 6.07) is 0. The lowest BCUT2D eigenvalue weighted by atomic mass is 9.98. The van der Waals surface area contributed by atoms with Crippen molar-refractivity contribution >= 4 is 6.29 Å². The van der Waals surface area contributed by atoms with Gasteiger partial charge in [-0.05, 0) is 31.1 Å². The number of rotatable bonds is 1. The Kier molecular flexibility index (Phi) is 2.48. The smallest absolute Gasteiger partial charge is 0.152 e. The van der Waals surface area contributed by atoms with Crippen molar-refractivity contribution in [2.24, 2.45) is 5.92 Å². The molecule has 1 atom stereocenters. The van der Waals surface area contributed by atoms with Crippen molar-refractivity contribution in [2.45, 2.75) is 12.8 Å². The number of hydrogen-bond acceptors (Lipinski definition) is 2. The third-order valence-corrected chi connectivity index (χ3v) is 2.55. The summed E-state index contributed by atoms with van der Waals surface area (Å²) in [5, 5.41) is 0. The quantitative estimate of drug-likeness (QED) is 0.598. The van der Waals surface area contributed by atoms with Gasteiger partial charge in [0.15, 0.2) is 6.29 Å². The van der Waals surface area contributed by atoms with Crippen molar-refractivity contribution in [3.8, 4) is 0 Å². The number of carbonyl (C=O) groups is 1. The topological polar surface area (TPSA) is 26.3 Å². The zero-order valence-corrected chi connectivity index (χ0v) is 7.70. The molecule has 1 saturated heterocycles. The highest BCUT2D eigenvalue weighted by molar-refractivity contribution is 5.79. The van der Waals surface area contributed by atoms with Gasteiger partial charge in [0.2, 0.25) is 0 Å². The molecule has 0 spiro atoms. The van der Waals surface area contributed by atoms with Gasteiger partial charge in [-0.3, -0.25) is 4.79 Å². The average Bonchev–Trinajstić information content (AvgIpc) is 2.60. The van der Waals surface area contributed by atoms with E-state index in [1.54, 1.807) is 6.08 Å². The van der Waals surface area contributed by atoms with Crippen LogP contribution in [0.4, 0.5) is 4.39 Å². The highest BCUT2D eigenvalue weighted by Gasteiger charge is 2.22. The van der Waals surface area contributed by atoms with Crippen LogP contribution in [0.5, 0.6) is 0 Å². The van der Waals surface area contributed by atoms with E-state index in [4.69, 9.17) is 4.74 Å². The Labute approximate surface area is 81.7 Å². The fourth-order valence-corrected chi connectivity index (χ4v) is 1.71. The lowest BCUT2D eigenvalue weighted by Crippen LogP contribution is -1.99. The van der Waals surface area contributed by atoms with Gasteiger partial charge in [0.1, 0.15) is 5.83 Å². The highest BCUT2D eigenvalue weighted by Crippen LogP contribution is 2.30. The van der Waals surface area contributed by atoms with Crippen LogP contribution in [0.25, 0.3) is 0 Å². The molecule has 0 amide bonds. The van der Waals surface area contributed by atoms with Crippen LogP contribution in [0.1, 0.15) is 12.8 Å². The van der Waals surface area contributed by atoms with E-state index in [1.807, 2.05) is 0 Å². The lowest BCUT2D eigenvalue weighted by molar-refractivity contribution is -0.104. The largest absolute Gasteiger partial charge is 0.498 e. The summed E-state index contributed by atoms with van der Waals surface area (Å²) in [7, 11) is 0. The van der Waals surface area contributed by atoms with Crippen LogP contribution in [0.15, 0.2) is 35.4 Å². The van der Waals surface area contributed by atoms with E-state index >= 15 is 0 Å². The van der Waals surface area contributed by atoms with Crippen molar-refractivity contribution in [1.82, 2.24) is 0 Å². The minimum Gasteiger partial charge on any atom is -0.498 e. The number of aldehydes is 1. The molecule has 0 aromatic carbocycles. The van der Waals surface area contributed by atoms with E-state index in [2.05, 4.69) is 0 Å². The zero-order chi connectivity index (χ0) is 9.97. The fraction of sp³-hybridized carbons (Fsp3) is 0.364. The van der Waals surface area contributed by atoms with Gasteiger partial charge in [-0.15, -0.1) is 0 Å². The van der Waals surface area contributed by atoms with Gasteiger partial charge >= 0.3 is 0 Å². The Morgan fingerprint density at radius 2 is 2.36 bits per heavy atom. The molecule has 2 nitrogen and oxygen atoms in total. The molecule has 2 rings (SSSR count). The molecule has 2 aliphatic rings. The molecule has 1 aliphatic heterocycles. The molecule has 0 radical (unpaired) electrons. The van der Waals surface area contributed by atoms with Gasteiger partial charge in [-0.25, -0.2) is 4.39 Å². The zero-order valence-electron chi connectivity index (χ0n) is 7.70. The van der Waals surface area contributed by atoms with Crippen LogP contribution in [0.3, 0.4) is 0 Å².